The van der Waals surface area contributed by atoms with Gasteiger partial charge in [-0.15, -0.1) is 0 Å². The third kappa shape index (κ3) is 5.23. The molecule has 3 rings (SSSR count). The minimum atomic E-state index is -0.535. The number of rotatable bonds is 1. The van der Waals surface area contributed by atoms with Gasteiger partial charge in [0.2, 0.25) is 0 Å². The van der Waals surface area contributed by atoms with Crippen molar-refractivity contribution in [2.45, 2.75) is 116 Å². The first-order valence-corrected chi connectivity index (χ1v) is 11.4. The van der Waals surface area contributed by atoms with Gasteiger partial charge in [-0.25, -0.2) is 0 Å². The quantitative estimate of drug-likeness (QED) is 0.636. The Bertz CT molecular complexity index is 461. The summed E-state index contributed by atoms with van der Waals surface area (Å²) in [5.41, 5.74) is 13.2. The number of hydrogen-bond acceptors (Lipinski definition) is 3. The van der Waals surface area contributed by atoms with Crippen LogP contribution in [0.1, 0.15) is 97.8 Å². The first-order chi connectivity index (χ1) is 12.2. The maximum Gasteiger partial charge on any atom is 0.0625 e. The molecule has 7 atom stereocenters. The lowest BCUT2D eigenvalue weighted by Crippen LogP contribution is -2.47. The minimum Gasteiger partial charge on any atom is -0.390 e. The second-order valence-electron chi connectivity index (χ2n) is 11.3. The molecule has 0 aromatic heterocycles. The molecule has 26 heavy (non-hydrogen) atoms. The molecule has 3 saturated carbocycles. The Morgan fingerprint density at radius 3 is 2.19 bits per heavy atom. The fourth-order valence-electron chi connectivity index (χ4n) is 6.56. The van der Waals surface area contributed by atoms with Crippen LogP contribution in [0, 0.1) is 29.1 Å². The summed E-state index contributed by atoms with van der Waals surface area (Å²) in [7, 11) is 0. The van der Waals surface area contributed by atoms with E-state index in [1.54, 1.807) is 0 Å². The Labute approximate surface area is 161 Å². The van der Waals surface area contributed by atoms with Crippen LogP contribution in [-0.4, -0.2) is 22.8 Å². The molecule has 3 nitrogen and oxygen atoms in total. The van der Waals surface area contributed by atoms with Crippen molar-refractivity contribution in [3.63, 3.8) is 0 Å². The average Bonchev–Trinajstić information content (AvgIpc) is 2.54. The van der Waals surface area contributed by atoms with Crippen molar-refractivity contribution in [1.29, 1.82) is 0 Å². The van der Waals surface area contributed by atoms with Crippen LogP contribution in [0.5, 0.6) is 0 Å². The van der Waals surface area contributed by atoms with Gasteiger partial charge in [-0.1, -0.05) is 33.1 Å². The van der Waals surface area contributed by atoms with Gasteiger partial charge in [0.25, 0.3) is 0 Å². The highest BCUT2D eigenvalue weighted by Gasteiger charge is 2.42. The summed E-state index contributed by atoms with van der Waals surface area (Å²) in [6, 6.07) is 0.629. The van der Waals surface area contributed by atoms with Crippen LogP contribution >= 0.6 is 0 Å². The van der Waals surface area contributed by atoms with Crippen molar-refractivity contribution in [3.05, 3.63) is 0 Å². The zero-order valence-corrected chi connectivity index (χ0v) is 17.6. The molecule has 3 aliphatic rings. The summed E-state index contributed by atoms with van der Waals surface area (Å²) >= 11 is 0. The lowest BCUT2D eigenvalue weighted by atomic mass is 9.62. The van der Waals surface area contributed by atoms with Gasteiger partial charge in [-0.05, 0) is 93.8 Å². The molecule has 0 aromatic rings. The van der Waals surface area contributed by atoms with E-state index in [0.29, 0.717) is 41.2 Å². The highest BCUT2D eigenvalue weighted by atomic mass is 16.3. The maximum atomic E-state index is 11.2. The number of aliphatic hydroxyl groups is 1. The molecule has 152 valence electrons. The van der Waals surface area contributed by atoms with Gasteiger partial charge < -0.3 is 16.6 Å². The van der Waals surface area contributed by atoms with E-state index >= 15 is 0 Å². The van der Waals surface area contributed by atoms with Crippen LogP contribution in [0.2, 0.25) is 0 Å². The number of hydrogen-bond donors (Lipinski definition) is 3. The predicted molar refractivity (Wildman–Crippen MR) is 110 cm³/mol. The molecule has 0 saturated heterocycles. The zero-order chi connectivity index (χ0) is 18.9. The molecule has 0 heterocycles. The second kappa shape index (κ2) is 8.09. The van der Waals surface area contributed by atoms with Crippen LogP contribution in [0.4, 0.5) is 0 Å². The second-order valence-corrected chi connectivity index (χ2v) is 11.3. The fourth-order valence-corrected chi connectivity index (χ4v) is 6.56. The molecule has 7 unspecified atom stereocenters. The SMILES string of the molecule is CC1(C)CCC(N)CC(C2CC(N)C3CCCCC3CC(C)(O)C2)CC1. The third-order valence-corrected chi connectivity index (χ3v) is 8.15. The monoisotopic (exact) mass is 364 g/mol. The summed E-state index contributed by atoms with van der Waals surface area (Å²) in [6.07, 6.45) is 14.2. The number of fused-ring (bicyclic) bond motifs is 1. The van der Waals surface area contributed by atoms with E-state index in [0.717, 1.165) is 32.1 Å². The molecule has 0 aliphatic heterocycles. The van der Waals surface area contributed by atoms with E-state index in [2.05, 4.69) is 20.8 Å². The zero-order valence-electron chi connectivity index (χ0n) is 17.6. The van der Waals surface area contributed by atoms with Crippen LogP contribution in [0.25, 0.3) is 0 Å². The van der Waals surface area contributed by atoms with Crippen molar-refractivity contribution in [2.75, 3.05) is 0 Å². The molecular formula is C23H44N2O. The Morgan fingerprint density at radius 1 is 0.769 bits per heavy atom. The number of nitrogens with two attached hydrogens (primary N) is 2. The maximum absolute atomic E-state index is 11.2. The Balaban J connectivity index is 1.76. The van der Waals surface area contributed by atoms with Gasteiger partial charge in [0.1, 0.15) is 0 Å². The molecule has 0 spiro atoms. The van der Waals surface area contributed by atoms with Gasteiger partial charge >= 0.3 is 0 Å². The minimum absolute atomic E-state index is 0.314. The lowest BCUT2D eigenvalue weighted by Gasteiger charge is -2.46. The largest absolute Gasteiger partial charge is 0.390 e. The van der Waals surface area contributed by atoms with Crippen molar-refractivity contribution >= 4 is 0 Å². The third-order valence-electron chi connectivity index (χ3n) is 8.15. The summed E-state index contributed by atoms with van der Waals surface area (Å²) in [5.74, 6) is 2.41. The van der Waals surface area contributed by atoms with Gasteiger partial charge in [-0.3, -0.25) is 0 Å². The molecule has 0 bridgehead atoms. The van der Waals surface area contributed by atoms with E-state index in [4.69, 9.17) is 11.5 Å². The Morgan fingerprint density at radius 2 is 1.42 bits per heavy atom. The van der Waals surface area contributed by atoms with E-state index in [1.807, 2.05) is 0 Å². The van der Waals surface area contributed by atoms with Crippen LogP contribution in [-0.2, 0) is 0 Å². The van der Waals surface area contributed by atoms with Crippen LogP contribution in [0.3, 0.4) is 0 Å². The van der Waals surface area contributed by atoms with E-state index in [-0.39, 0.29) is 0 Å². The van der Waals surface area contributed by atoms with Gasteiger partial charge in [0, 0.05) is 12.1 Å². The smallest absolute Gasteiger partial charge is 0.0625 e. The van der Waals surface area contributed by atoms with Gasteiger partial charge in [0.15, 0.2) is 0 Å². The topological polar surface area (TPSA) is 72.3 Å². The van der Waals surface area contributed by atoms with Crippen molar-refractivity contribution < 1.29 is 5.11 Å². The molecule has 0 aromatic carbocycles. The Hall–Kier alpha value is -0.120. The summed E-state index contributed by atoms with van der Waals surface area (Å²) < 4.78 is 0. The van der Waals surface area contributed by atoms with E-state index in [9.17, 15) is 5.11 Å². The van der Waals surface area contributed by atoms with Crippen LogP contribution < -0.4 is 11.5 Å². The highest BCUT2D eigenvalue weighted by Crippen LogP contribution is 2.46. The normalized spacial score (nSPS) is 47.8. The molecule has 5 N–H and O–H groups in total. The first kappa shape index (κ1) is 20.6. The molecule has 0 amide bonds. The summed E-state index contributed by atoms with van der Waals surface area (Å²) in [6.45, 7) is 6.89. The Kier molecular flexibility index (Phi) is 6.41. The summed E-state index contributed by atoms with van der Waals surface area (Å²) in [4.78, 5) is 0. The van der Waals surface area contributed by atoms with Crippen molar-refractivity contribution in [2.24, 2.45) is 40.6 Å². The molecular weight excluding hydrogens is 320 g/mol. The molecule has 0 radical (unpaired) electrons. The lowest BCUT2D eigenvalue weighted by molar-refractivity contribution is -0.0368. The predicted octanol–water partition coefficient (Wildman–Crippen LogP) is 4.61. The van der Waals surface area contributed by atoms with E-state index in [1.165, 1.54) is 44.9 Å². The fraction of sp³-hybridized carbons (Fsp3) is 1.00. The van der Waals surface area contributed by atoms with E-state index < -0.39 is 5.60 Å². The van der Waals surface area contributed by atoms with Crippen LogP contribution in [0.15, 0.2) is 0 Å². The summed E-state index contributed by atoms with van der Waals surface area (Å²) in [5, 5.41) is 11.2. The first-order valence-electron chi connectivity index (χ1n) is 11.4. The molecule has 3 heteroatoms. The standard InChI is InChI=1S/C23H44N2O/c1-22(2)10-8-16(12-19(24)9-11-22)18-13-21(25)20-7-5-4-6-17(20)14-23(3,26)15-18/h16-21,26H,4-15,24-25H2,1-3H3. The van der Waals surface area contributed by atoms with Crippen molar-refractivity contribution in [1.82, 2.24) is 0 Å². The highest BCUT2D eigenvalue weighted by molar-refractivity contribution is 4.95. The van der Waals surface area contributed by atoms with Gasteiger partial charge in [-0.2, -0.15) is 0 Å². The van der Waals surface area contributed by atoms with Crippen molar-refractivity contribution in [3.8, 4) is 0 Å². The molecule has 3 fully saturated rings. The van der Waals surface area contributed by atoms with Gasteiger partial charge in [0.05, 0.1) is 5.60 Å². The average molecular weight is 365 g/mol. The molecule has 3 aliphatic carbocycles.